The van der Waals surface area contributed by atoms with Crippen LogP contribution in [-0.4, -0.2) is 21.1 Å². The van der Waals surface area contributed by atoms with Gasteiger partial charge in [-0.05, 0) is 108 Å². The van der Waals surface area contributed by atoms with Gasteiger partial charge in [0.15, 0.2) is 9.84 Å². The van der Waals surface area contributed by atoms with Crippen LogP contribution in [-0.2, 0) is 21.3 Å². The number of hydrogen-bond donors (Lipinski definition) is 0. The Morgan fingerprint density at radius 2 is 0.891 bits per heavy atom. The van der Waals surface area contributed by atoms with Crippen molar-refractivity contribution in [3.63, 3.8) is 0 Å². The molecule has 0 spiro atoms. The lowest BCUT2D eigenvalue weighted by molar-refractivity contribution is -0.275. The van der Waals surface area contributed by atoms with Gasteiger partial charge < -0.3 is 9.47 Å². The van der Waals surface area contributed by atoms with Gasteiger partial charge in [-0.3, -0.25) is 0 Å². The third kappa shape index (κ3) is 8.98. The van der Waals surface area contributed by atoms with Gasteiger partial charge in [0, 0.05) is 22.3 Å². The summed E-state index contributed by atoms with van der Waals surface area (Å²) >= 11 is 0. The second kappa shape index (κ2) is 14.7. The van der Waals surface area contributed by atoms with Gasteiger partial charge in [0.05, 0.1) is 11.5 Å². The first kappa shape index (κ1) is 39.4. The number of alkyl halides is 6. The van der Waals surface area contributed by atoms with Crippen molar-refractivity contribution in [3.8, 4) is 11.5 Å². The summed E-state index contributed by atoms with van der Waals surface area (Å²) in [4.78, 5) is 0. The van der Waals surface area contributed by atoms with E-state index < -0.39 is 80.0 Å². The average molecular weight is 795 g/mol. The summed E-state index contributed by atoms with van der Waals surface area (Å²) < 4.78 is 174. The molecule has 0 aromatic heterocycles. The quantitative estimate of drug-likeness (QED) is 0.150. The van der Waals surface area contributed by atoms with Gasteiger partial charge >= 0.3 is 12.7 Å². The molecule has 0 heterocycles. The molecular weight excluding hydrogens is 766 g/mol. The van der Waals surface area contributed by atoms with Gasteiger partial charge in [0.2, 0.25) is 0 Å². The van der Waals surface area contributed by atoms with E-state index in [0.717, 1.165) is 24.3 Å². The van der Waals surface area contributed by atoms with Crippen molar-refractivity contribution in [1.82, 2.24) is 0 Å². The Kier molecular flexibility index (Phi) is 10.6. The Balaban J connectivity index is 1.20. The molecule has 6 rings (SSSR count). The van der Waals surface area contributed by atoms with Crippen LogP contribution in [0.25, 0.3) is 22.3 Å². The molecule has 0 atom stereocenters. The van der Waals surface area contributed by atoms with Gasteiger partial charge in [0.25, 0.3) is 0 Å². The standard InChI is InChI=1S/C40H28F10O4S/c1-21-9-11-23(15-37(21)53-39(45,46)47)27-5-3-7-29(27)31-17-33(41)25(13-35(31)43)19-55(51,52)20-26-14-36(44)32(18-34(26)42)30-8-4-6-28(30)24-12-10-22(2)38(16-24)54-40(48,49)50/h5-18H,3-4,19-20H2,1-2H3. The summed E-state index contributed by atoms with van der Waals surface area (Å²) in [7, 11) is -4.46. The topological polar surface area (TPSA) is 52.6 Å². The largest absolute Gasteiger partial charge is 0.573 e. The molecule has 55 heavy (non-hydrogen) atoms. The summed E-state index contributed by atoms with van der Waals surface area (Å²) in [5.41, 5.74) is -0.0466. The summed E-state index contributed by atoms with van der Waals surface area (Å²) in [6, 6.07) is 10.8. The Hall–Kier alpha value is -5.31. The smallest absolute Gasteiger partial charge is 0.405 e. The molecule has 15 heteroatoms. The zero-order valence-corrected chi connectivity index (χ0v) is 29.5. The number of allylic oxidation sites excluding steroid dienone is 8. The lowest BCUT2D eigenvalue weighted by Gasteiger charge is -2.16. The maximum Gasteiger partial charge on any atom is 0.573 e. The molecule has 2 aliphatic rings. The third-order valence-electron chi connectivity index (χ3n) is 8.92. The van der Waals surface area contributed by atoms with Crippen molar-refractivity contribution in [2.45, 2.75) is 50.9 Å². The van der Waals surface area contributed by atoms with Gasteiger partial charge in [-0.1, -0.05) is 48.6 Å². The lowest BCUT2D eigenvalue weighted by Crippen LogP contribution is -2.17. The van der Waals surface area contributed by atoms with Crippen LogP contribution in [0.4, 0.5) is 43.9 Å². The molecule has 2 aliphatic carbocycles. The maximum absolute atomic E-state index is 15.5. The number of sulfone groups is 1. The van der Waals surface area contributed by atoms with Gasteiger partial charge in [0.1, 0.15) is 34.8 Å². The van der Waals surface area contributed by atoms with Crippen LogP contribution >= 0.6 is 0 Å². The molecule has 0 aliphatic heterocycles. The van der Waals surface area contributed by atoms with Crippen molar-refractivity contribution in [2.75, 3.05) is 0 Å². The SMILES string of the molecule is Cc1ccc(C2=CCC=C2c2cc(F)c(CS(=O)(=O)Cc3cc(F)c(C4=CCC=C4c4ccc(C)c(OC(F)(F)F)c4)cc3F)cc2F)cc1OC(F)(F)F. The second-order valence-electron chi connectivity index (χ2n) is 12.9. The lowest BCUT2D eigenvalue weighted by atomic mass is 9.93. The third-order valence-corrected chi connectivity index (χ3v) is 10.4. The van der Waals surface area contributed by atoms with E-state index in [1.165, 1.54) is 50.3 Å². The van der Waals surface area contributed by atoms with Crippen molar-refractivity contribution >= 4 is 32.1 Å². The fourth-order valence-electron chi connectivity index (χ4n) is 6.43. The molecule has 4 nitrogen and oxygen atoms in total. The Morgan fingerprint density at radius 1 is 0.527 bits per heavy atom. The van der Waals surface area contributed by atoms with Crippen LogP contribution in [0.2, 0.25) is 0 Å². The van der Waals surface area contributed by atoms with Gasteiger partial charge in [-0.25, -0.2) is 26.0 Å². The number of halogens is 10. The fourth-order valence-corrected chi connectivity index (χ4v) is 7.92. The number of ether oxygens (including phenoxy) is 2. The van der Waals surface area contributed by atoms with E-state index in [9.17, 15) is 34.8 Å². The van der Waals surface area contributed by atoms with E-state index in [2.05, 4.69) is 9.47 Å². The Bertz CT molecular complexity index is 2280. The molecule has 4 aromatic rings. The summed E-state index contributed by atoms with van der Waals surface area (Å²) in [6.07, 6.45) is -3.21. The molecular formula is C40H28F10O4S. The number of hydrogen-bond acceptors (Lipinski definition) is 4. The Morgan fingerprint density at radius 3 is 1.25 bits per heavy atom. The minimum atomic E-state index is -4.97. The number of benzene rings is 4. The van der Waals surface area contributed by atoms with Crippen molar-refractivity contribution in [2.24, 2.45) is 0 Å². The van der Waals surface area contributed by atoms with Crippen LogP contribution in [0, 0.1) is 37.1 Å². The summed E-state index contributed by atoms with van der Waals surface area (Å²) in [5, 5.41) is 0. The van der Waals surface area contributed by atoms with Crippen LogP contribution in [0.5, 0.6) is 11.5 Å². The molecule has 4 aromatic carbocycles. The fraction of sp³-hybridized carbons (Fsp3) is 0.200. The minimum absolute atomic E-state index is 0.151. The highest BCUT2D eigenvalue weighted by Crippen LogP contribution is 2.42. The van der Waals surface area contributed by atoms with Crippen LogP contribution in [0.3, 0.4) is 0 Å². The Labute approximate surface area is 308 Å². The van der Waals surface area contributed by atoms with E-state index in [0.29, 0.717) is 23.3 Å². The zero-order chi connectivity index (χ0) is 40.0. The van der Waals surface area contributed by atoms with Gasteiger partial charge in [-0.15, -0.1) is 26.3 Å². The zero-order valence-electron chi connectivity index (χ0n) is 28.7. The first-order valence-corrected chi connectivity index (χ1v) is 18.2. The second-order valence-corrected chi connectivity index (χ2v) is 14.9. The van der Waals surface area contributed by atoms with Crippen molar-refractivity contribution in [3.05, 3.63) is 153 Å². The molecule has 0 N–H and O–H groups in total. The molecule has 0 bridgehead atoms. The number of aryl methyl sites for hydroxylation is 2. The van der Waals surface area contributed by atoms with Crippen molar-refractivity contribution < 1.29 is 61.8 Å². The molecule has 0 saturated heterocycles. The molecule has 0 amide bonds. The highest BCUT2D eigenvalue weighted by molar-refractivity contribution is 7.89. The highest BCUT2D eigenvalue weighted by atomic mass is 32.2. The summed E-state index contributed by atoms with van der Waals surface area (Å²) in [5.74, 6) is -7.48. The predicted molar refractivity (Wildman–Crippen MR) is 186 cm³/mol. The van der Waals surface area contributed by atoms with E-state index in [4.69, 9.17) is 0 Å². The monoisotopic (exact) mass is 794 g/mol. The molecule has 0 saturated carbocycles. The maximum atomic E-state index is 15.5. The molecule has 0 radical (unpaired) electrons. The molecule has 0 fully saturated rings. The summed E-state index contributed by atoms with van der Waals surface area (Å²) in [6.45, 7) is 2.81. The number of rotatable bonds is 10. The van der Waals surface area contributed by atoms with Gasteiger partial charge in [-0.2, -0.15) is 0 Å². The molecule has 0 unspecified atom stereocenters. The average Bonchev–Trinajstić information content (AvgIpc) is 3.75. The highest BCUT2D eigenvalue weighted by Gasteiger charge is 2.33. The molecule has 288 valence electrons. The van der Waals surface area contributed by atoms with Crippen LogP contribution in [0.15, 0.2) is 85.0 Å². The first-order chi connectivity index (χ1) is 25.7. The van der Waals surface area contributed by atoms with Crippen LogP contribution < -0.4 is 9.47 Å². The van der Waals surface area contributed by atoms with E-state index >= 15 is 17.6 Å². The normalized spacial score (nSPS) is 14.8. The predicted octanol–water partition coefficient (Wildman–Crippen LogP) is 11.5. The van der Waals surface area contributed by atoms with E-state index in [1.54, 1.807) is 12.2 Å². The van der Waals surface area contributed by atoms with E-state index in [1.807, 2.05) is 0 Å². The van der Waals surface area contributed by atoms with Crippen LogP contribution in [0.1, 0.15) is 57.3 Å². The minimum Gasteiger partial charge on any atom is -0.405 e. The van der Waals surface area contributed by atoms with E-state index in [-0.39, 0.29) is 57.4 Å². The van der Waals surface area contributed by atoms with Crippen molar-refractivity contribution in [1.29, 1.82) is 0 Å². The first-order valence-electron chi connectivity index (χ1n) is 16.4.